The number of carbonyl (C=O) groups is 1. The molecule has 0 unspecified atom stereocenters. The standard InChI is InChI=1S/C23H20ClN3O3S/c1-15-6-11-19(24)22-21(15)26-23(31-22)27(13-16-5-3-4-12-25-16)20(28)14-30-18-9-7-17(29-2)8-10-18/h3-12H,13-14H2,1-2H3. The van der Waals surface area contributed by atoms with Gasteiger partial charge in [-0.05, 0) is 55.0 Å². The third-order valence-electron chi connectivity index (χ3n) is 4.69. The molecular formula is C23H20ClN3O3S. The molecule has 0 aliphatic carbocycles. The van der Waals surface area contributed by atoms with Gasteiger partial charge in [-0.25, -0.2) is 4.98 Å². The van der Waals surface area contributed by atoms with Crippen LogP contribution < -0.4 is 14.4 Å². The van der Waals surface area contributed by atoms with Gasteiger partial charge in [-0.3, -0.25) is 14.7 Å². The highest BCUT2D eigenvalue weighted by Crippen LogP contribution is 2.36. The van der Waals surface area contributed by atoms with Gasteiger partial charge in [0.25, 0.3) is 5.91 Å². The molecule has 0 atom stereocenters. The minimum Gasteiger partial charge on any atom is -0.497 e. The van der Waals surface area contributed by atoms with E-state index in [-0.39, 0.29) is 19.1 Å². The minimum atomic E-state index is -0.227. The fourth-order valence-corrected chi connectivity index (χ4v) is 4.35. The van der Waals surface area contributed by atoms with E-state index >= 15 is 0 Å². The van der Waals surface area contributed by atoms with Gasteiger partial charge in [0.15, 0.2) is 11.7 Å². The van der Waals surface area contributed by atoms with Crippen LogP contribution in [0.5, 0.6) is 11.5 Å². The van der Waals surface area contributed by atoms with Crippen molar-refractivity contribution in [1.82, 2.24) is 9.97 Å². The summed E-state index contributed by atoms with van der Waals surface area (Å²) < 4.78 is 11.7. The predicted molar refractivity (Wildman–Crippen MR) is 123 cm³/mol. The molecular weight excluding hydrogens is 434 g/mol. The Balaban J connectivity index is 1.61. The van der Waals surface area contributed by atoms with E-state index < -0.39 is 0 Å². The summed E-state index contributed by atoms with van der Waals surface area (Å²) in [4.78, 5) is 23.8. The Labute approximate surface area is 189 Å². The van der Waals surface area contributed by atoms with Gasteiger partial charge in [-0.1, -0.05) is 35.1 Å². The van der Waals surface area contributed by atoms with Crippen molar-refractivity contribution in [2.24, 2.45) is 0 Å². The van der Waals surface area contributed by atoms with E-state index in [0.717, 1.165) is 27.2 Å². The second kappa shape index (κ2) is 9.32. The zero-order valence-corrected chi connectivity index (χ0v) is 18.6. The molecule has 0 spiro atoms. The van der Waals surface area contributed by atoms with Crippen molar-refractivity contribution in [3.8, 4) is 11.5 Å². The summed E-state index contributed by atoms with van der Waals surface area (Å²) in [5.41, 5.74) is 2.55. The van der Waals surface area contributed by atoms with Gasteiger partial charge in [-0.15, -0.1) is 0 Å². The average molecular weight is 454 g/mol. The maximum Gasteiger partial charge on any atom is 0.267 e. The Hall–Kier alpha value is -3.16. The number of rotatable bonds is 7. The Morgan fingerprint density at radius 3 is 2.55 bits per heavy atom. The lowest BCUT2D eigenvalue weighted by Crippen LogP contribution is -2.34. The first-order valence-corrected chi connectivity index (χ1v) is 10.8. The zero-order valence-electron chi connectivity index (χ0n) is 17.0. The first kappa shape index (κ1) is 21.1. The van der Waals surface area contributed by atoms with E-state index in [0.29, 0.717) is 15.9 Å². The van der Waals surface area contributed by atoms with Crippen molar-refractivity contribution in [2.45, 2.75) is 13.5 Å². The van der Waals surface area contributed by atoms with Crippen LogP contribution in [-0.2, 0) is 11.3 Å². The van der Waals surface area contributed by atoms with Crippen molar-refractivity contribution in [3.05, 3.63) is 77.1 Å². The van der Waals surface area contributed by atoms with Crippen molar-refractivity contribution in [3.63, 3.8) is 0 Å². The summed E-state index contributed by atoms with van der Waals surface area (Å²) in [5.74, 6) is 1.07. The molecule has 158 valence electrons. The fourth-order valence-electron chi connectivity index (χ4n) is 3.02. The maximum atomic E-state index is 13.2. The smallest absolute Gasteiger partial charge is 0.267 e. The van der Waals surface area contributed by atoms with Crippen LogP contribution in [0.1, 0.15) is 11.3 Å². The topological polar surface area (TPSA) is 64.6 Å². The third kappa shape index (κ3) is 4.78. The van der Waals surface area contributed by atoms with E-state index in [4.69, 9.17) is 26.1 Å². The van der Waals surface area contributed by atoms with Crippen molar-refractivity contribution < 1.29 is 14.3 Å². The lowest BCUT2D eigenvalue weighted by Gasteiger charge is -2.19. The molecule has 2 aromatic heterocycles. The van der Waals surface area contributed by atoms with Crippen LogP contribution in [0.15, 0.2) is 60.8 Å². The van der Waals surface area contributed by atoms with Crippen LogP contribution in [0.25, 0.3) is 10.2 Å². The second-order valence-electron chi connectivity index (χ2n) is 6.80. The maximum absolute atomic E-state index is 13.2. The van der Waals surface area contributed by atoms with Gasteiger partial charge in [0.05, 0.1) is 34.6 Å². The number of hydrogen-bond donors (Lipinski definition) is 0. The van der Waals surface area contributed by atoms with Gasteiger partial charge in [-0.2, -0.15) is 0 Å². The number of nitrogens with zero attached hydrogens (tertiary/aromatic N) is 3. The number of amides is 1. The minimum absolute atomic E-state index is 0.137. The summed E-state index contributed by atoms with van der Waals surface area (Å²) in [5, 5.41) is 1.17. The van der Waals surface area contributed by atoms with Crippen molar-refractivity contribution in [1.29, 1.82) is 0 Å². The average Bonchev–Trinajstić information content (AvgIpc) is 3.26. The molecule has 0 N–H and O–H groups in total. The lowest BCUT2D eigenvalue weighted by molar-refractivity contribution is -0.120. The lowest BCUT2D eigenvalue weighted by atomic mass is 10.2. The van der Waals surface area contributed by atoms with E-state index in [1.54, 1.807) is 42.5 Å². The van der Waals surface area contributed by atoms with Crippen LogP contribution in [0, 0.1) is 6.92 Å². The highest BCUT2D eigenvalue weighted by molar-refractivity contribution is 7.23. The normalized spacial score (nSPS) is 10.8. The van der Waals surface area contributed by atoms with Gasteiger partial charge in [0.2, 0.25) is 0 Å². The number of thiazole rings is 1. The summed E-state index contributed by atoms with van der Waals surface area (Å²) in [6.45, 7) is 2.11. The van der Waals surface area contributed by atoms with Crippen LogP contribution in [0.4, 0.5) is 5.13 Å². The monoisotopic (exact) mass is 453 g/mol. The number of pyridine rings is 1. The molecule has 0 saturated carbocycles. The first-order chi connectivity index (χ1) is 15.0. The molecule has 6 nitrogen and oxygen atoms in total. The quantitative estimate of drug-likeness (QED) is 0.381. The molecule has 0 radical (unpaired) electrons. The Kier molecular flexibility index (Phi) is 6.34. The molecule has 8 heteroatoms. The molecule has 0 aliphatic rings. The Morgan fingerprint density at radius 1 is 1.10 bits per heavy atom. The van der Waals surface area contributed by atoms with Crippen molar-refractivity contribution >= 4 is 44.2 Å². The molecule has 31 heavy (non-hydrogen) atoms. The van der Waals surface area contributed by atoms with Gasteiger partial charge < -0.3 is 9.47 Å². The molecule has 0 aliphatic heterocycles. The number of anilines is 1. The molecule has 0 fully saturated rings. The van der Waals surface area contributed by atoms with Crippen LogP contribution in [0.3, 0.4) is 0 Å². The van der Waals surface area contributed by atoms with E-state index in [1.165, 1.54) is 11.3 Å². The van der Waals surface area contributed by atoms with Crippen LogP contribution >= 0.6 is 22.9 Å². The molecule has 0 saturated heterocycles. The molecule has 1 amide bonds. The summed E-state index contributed by atoms with van der Waals surface area (Å²) in [6.07, 6.45) is 1.70. The van der Waals surface area contributed by atoms with E-state index in [9.17, 15) is 4.79 Å². The molecule has 4 aromatic rings. The zero-order chi connectivity index (χ0) is 21.8. The number of ether oxygens (including phenoxy) is 2. The number of aromatic nitrogens is 2. The summed E-state index contributed by atoms with van der Waals surface area (Å²) in [7, 11) is 1.60. The number of carbonyl (C=O) groups excluding carboxylic acids is 1. The largest absolute Gasteiger partial charge is 0.497 e. The van der Waals surface area contributed by atoms with Crippen LogP contribution in [-0.4, -0.2) is 29.6 Å². The third-order valence-corrected chi connectivity index (χ3v) is 6.22. The first-order valence-electron chi connectivity index (χ1n) is 9.58. The number of fused-ring (bicyclic) bond motifs is 1. The number of methoxy groups -OCH3 is 1. The second-order valence-corrected chi connectivity index (χ2v) is 8.19. The van der Waals surface area contributed by atoms with Crippen molar-refractivity contribution in [2.75, 3.05) is 18.6 Å². The summed E-state index contributed by atoms with van der Waals surface area (Å²) >= 11 is 7.75. The van der Waals surface area contributed by atoms with Crippen LogP contribution in [0.2, 0.25) is 5.02 Å². The predicted octanol–water partition coefficient (Wildman–Crippen LogP) is 5.27. The highest BCUT2D eigenvalue weighted by atomic mass is 35.5. The van der Waals surface area contributed by atoms with E-state index in [2.05, 4.69) is 4.98 Å². The number of halogens is 1. The number of aryl methyl sites for hydroxylation is 1. The number of hydrogen-bond acceptors (Lipinski definition) is 6. The Morgan fingerprint density at radius 2 is 1.87 bits per heavy atom. The highest BCUT2D eigenvalue weighted by Gasteiger charge is 2.22. The Bertz CT molecular complexity index is 1160. The SMILES string of the molecule is COc1ccc(OCC(=O)N(Cc2ccccn2)c2nc3c(C)ccc(Cl)c3s2)cc1. The van der Waals surface area contributed by atoms with E-state index in [1.807, 2.05) is 37.3 Å². The number of benzene rings is 2. The molecule has 2 aromatic carbocycles. The molecule has 4 rings (SSSR count). The van der Waals surface area contributed by atoms with Gasteiger partial charge >= 0.3 is 0 Å². The van der Waals surface area contributed by atoms with Gasteiger partial charge in [0, 0.05) is 6.20 Å². The fraction of sp³-hybridized carbons (Fsp3) is 0.174. The summed E-state index contributed by atoms with van der Waals surface area (Å²) in [6, 6.07) is 16.4. The molecule has 0 bridgehead atoms. The molecule has 2 heterocycles. The van der Waals surface area contributed by atoms with Gasteiger partial charge in [0.1, 0.15) is 11.5 Å².